The number of rotatable bonds is 10. The normalized spacial score (nSPS) is 14.2. The van der Waals surface area contributed by atoms with Crippen LogP contribution in [-0.4, -0.2) is 68.4 Å². The molecule has 2 heterocycles. The van der Waals surface area contributed by atoms with Crippen molar-refractivity contribution in [2.45, 2.75) is 27.0 Å². The van der Waals surface area contributed by atoms with Crippen molar-refractivity contribution in [1.29, 1.82) is 0 Å². The Morgan fingerprint density at radius 3 is 2.50 bits per heavy atom. The number of hydrogen-bond donors (Lipinski definition) is 1. The second-order valence-corrected chi connectivity index (χ2v) is 7.40. The van der Waals surface area contributed by atoms with Gasteiger partial charge in [-0.25, -0.2) is 9.98 Å². The molecule has 32 heavy (non-hydrogen) atoms. The van der Waals surface area contributed by atoms with Crippen LogP contribution >= 0.6 is 24.0 Å². The van der Waals surface area contributed by atoms with E-state index in [9.17, 15) is 0 Å². The quantitative estimate of drug-likeness (QED) is 0.210. The smallest absolute Gasteiger partial charge is 0.194 e. The summed E-state index contributed by atoms with van der Waals surface area (Å²) in [7, 11) is 0. The van der Waals surface area contributed by atoms with Crippen molar-refractivity contribution in [3.8, 4) is 0 Å². The molecule has 0 radical (unpaired) electrons. The zero-order valence-corrected chi connectivity index (χ0v) is 21.5. The van der Waals surface area contributed by atoms with Gasteiger partial charge in [0.2, 0.25) is 0 Å². The largest absolute Gasteiger partial charge is 0.379 e. The number of guanidine groups is 1. The topological polar surface area (TPSA) is 62.2 Å². The molecular weight excluding hydrogens is 517 g/mol. The van der Waals surface area contributed by atoms with E-state index in [-0.39, 0.29) is 24.0 Å². The first-order valence-electron chi connectivity index (χ1n) is 11.2. The first-order chi connectivity index (χ1) is 15.3. The van der Waals surface area contributed by atoms with Crippen LogP contribution in [0.4, 0.5) is 5.82 Å². The predicted octanol–water partition coefficient (Wildman–Crippen LogP) is 3.54. The summed E-state index contributed by atoms with van der Waals surface area (Å²) in [6.07, 6.45) is 1.85. The lowest BCUT2D eigenvalue weighted by molar-refractivity contribution is 0.0453. The number of aliphatic imine (C=N–C) groups is 1. The predicted molar refractivity (Wildman–Crippen MR) is 141 cm³/mol. The molecular formula is C24H36IN5O2. The molecule has 0 aliphatic carbocycles. The number of ether oxygens (including phenoxy) is 2. The summed E-state index contributed by atoms with van der Waals surface area (Å²) in [5.41, 5.74) is 2.35. The summed E-state index contributed by atoms with van der Waals surface area (Å²) >= 11 is 0. The number of nitrogens with zero attached hydrogens (tertiary/aromatic N) is 4. The van der Waals surface area contributed by atoms with Crippen LogP contribution in [0.5, 0.6) is 0 Å². The maximum atomic E-state index is 5.69. The molecule has 1 saturated heterocycles. The van der Waals surface area contributed by atoms with Gasteiger partial charge < -0.3 is 24.6 Å². The van der Waals surface area contributed by atoms with Crippen LogP contribution in [0.1, 0.15) is 25.0 Å². The Hall–Kier alpha value is -1.91. The minimum absolute atomic E-state index is 0. The molecule has 0 amide bonds. The van der Waals surface area contributed by atoms with Gasteiger partial charge in [-0.05, 0) is 37.1 Å². The molecule has 1 N–H and O–H groups in total. The fourth-order valence-electron chi connectivity index (χ4n) is 3.55. The lowest BCUT2D eigenvalue weighted by Gasteiger charge is -2.37. The van der Waals surface area contributed by atoms with Crippen LogP contribution in [0.15, 0.2) is 53.7 Å². The molecule has 1 aromatic carbocycles. The molecule has 2 aromatic rings. The molecule has 1 aromatic heterocycles. The summed E-state index contributed by atoms with van der Waals surface area (Å²) in [5.74, 6) is 2.02. The van der Waals surface area contributed by atoms with Gasteiger partial charge in [-0.15, -0.1) is 24.0 Å². The van der Waals surface area contributed by atoms with Crippen LogP contribution in [0, 0.1) is 0 Å². The average molecular weight is 553 g/mol. The van der Waals surface area contributed by atoms with Gasteiger partial charge in [0.1, 0.15) is 5.82 Å². The van der Waals surface area contributed by atoms with Crippen molar-refractivity contribution in [3.63, 3.8) is 0 Å². The average Bonchev–Trinajstić information content (AvgIpc) is 2.83. The van der Waals surface area contributed by atoms with Gasteiger partial charge in [-0.3, -0.25) is 0 Å². The lowest BCUT2D eigenvalue weighted by atomic mass is 10.1. The van der Waals surface area contributed by atoms with Crippen molar-refractivity contribution in [2.24, 2.45) is 4.99 Å². The van der Waals surface area contributed by atoms with E-state index in [2.05, 4.69) is 57.4 Å². The first-order valence-corrected chi connectivity index (χ1v) is 11.2. The minimum atomic E-state index is 0. The van der Waals surface area contributed by atoms with Gasteiger partial charge in [-0.1, -0.05) is 30.3 Å². The third-order valence-corrected chi connectivity index (χ3v) is 5.14. The third-order valence-electron chi connectivity index (χ3n) is 5.14. The summed E-state index contributed by atoms with van der Waals surface area (Å²) in [6, 6.07) is 14.5. The van der Waals surface area contributed by atoms with Crippen molar-refractivity contribution in [3.05, 3.63) is 59.8 Å². The van der Waals surface area contributed by atoms with E-state index < -0.39 is 0 Å². The van der Waals surface area contributed by atoms with E-state index in [1.165, 1.54) is 5.56 Å². The van der Waals surface area contributed by atoms with Crippen molar-refractivity contribution in [2.75, 3.05) is 57.4 Å². The maximum Gasteiger partial charge on any atom is 0.194 e. The van der Waals surface area contributed by atoms with Gasteiger partial charge in [0.15, 0.2) is 5.96 Å². The van der Waals surface area contributed by atoms with E-state index in [1.807, 2.05) is 25.3 Å². The number of hydrogen-bond acceptors (Lipinski definition) is 5. The van der Waals surface area contributed by atoms with Gasteiger partial charge in [0, 0.05) is 45.5 Å². The monoisotopic (exact) mass is 553 g/mol. The fourth-order valence-corrected chi connectivity index (χ4v) is 3.55. The highest BCUT2D eigenvalue weighted by molar-refractivity contribution is 14.0. The van der Waals surface area contributed by atoms with E-state index in [0.717, 1.165) is 56.7 Å². The molecule has 0 saturated carbocycles. The Morgan fingerprint density at radius 1 is 1.00 bits per heavy atom. The van der Waals surface area contributed by atoms with Crippen LogP contribution in [0.3, 0.4) is 0 Å². The first kappa shape index (κ1) is 26.3. The second-order valence-electron chi connectivity index (χ2n) is 7.40. The van der Waals surface area contributed by atoms with Crippen molar-refractivity contribution in [1.82, 2.24) is 15.2 Å². The molecule has 1 fully saturated rings. The van der Waals surface area contributed by atoms with Crippen LogP contribution < -0.4 is 10.2 Å². The summed E-state index contributed by atoms with van der Waals surface area (Å²) < 4.78 is 11.0. The molecule has 3 rings (SSSR count). The Morgan fingerprint density at radius 2 is 1.78 bits per heavy atom. The Balaban J connectivity index is 0.00000363. The van der Waals surface area contributed by atoms with Gasteiger partial charge in [0.05, 0.1) is 26.4 Å². The number of pyridine rings is 1. The Bertz CT molecular complexity index is 798. The summed E-state index contributed by atoms with van der Waals surface area (Å²) in [4.78, 5) is 14.0. The molecule has 0 spiro atoms. The number of aromatic nitrogens is 1. The lowest BCUT2D eigenvalue weighted by Crippen LogP contribution is -2.52. The number of benzene rings is 1. The number of halogens is 1. The van der Waals surface area contributed by atoms with E-state index in [4.69, 9.17) is 14.5 Å². The van der Waals surface area contributed by atoms with Crippen LogP contribution in [0.2, 0.25) is 0 Å². The molecule has 7 nitrogen and oxygen atoms in total. The van der Waals surface area contributed by atoms with Crippen molar-refractivity contribution >= 4 is 35.8 Å². The Kier molecular flexibility index (Phi) is 12.4. The summed E-state index contributed by atoms with van der Waals surface area (Å²) in [6.45, 7) is 11.9. The van der Waals surface area contributed by atoms with Gasteiger partial charge in [0.25, 0.3) is 0 Å². The number of piperazine rings is 1. The fraction of sp³-hybridized carbons (Fsp3) is 0.500. The highest BCUT2D eigenvalue weighted by Crippen LogP contribution is 2.13. The van der Waals surface area contributed by atoms with Crippen molar-refractivity contribution < 1.29 is 9.47 Å². The molecule has 0 bridgehead atoms. The molecule has 0 atom stereocenters. The minimum Gasteiger partial charge on any atom is -0.379 e. The zero-order valence-electron chi connectivity index (χ0n) is 19.2. The van der Waals surface area contributed by atoms with Gasteiger partial charge >= 0.3 is 0 Å². The third kappa shape index (κ3) is 8.55. The Labute approximate surface area is 209 Å². The SMILES string of the molecule is CCNC(=NCc1cccc(COCCOCC)c1)N1CCN(c2ccccn2)CC1.I. The number of nitrogens with one attached hydrogen (secondary N) is 1. The second kappa shape index (κ2) is 15.0. The van der Waals surface area contributed by atoms with E-state index in [0.29, 0.717) is 26.4 Å². The molecule has 8 heteroatoms. The molecule has 176 valence electrons. The van der Waals surface area contributed by atoms with E-state index in [1.54, 1.807) is 0 Å². The highest BCUT2D eigenvalue weighted by atomic mass is 127. The maximum absolute atomic E-state index is 5.69. The molecule has 1 aliphatic rings. The molecule has 1 aliphatic heterocycles. The zero-order chi connectivity index (χ0) is 21.7. The standard InChI is InChI=1S/C24H35N5O2.HI/c1-3-25-24(29-14-12-28(13-15-29)23-10-5-6-11-26-23)27-19-21-8-7-9-22(18-21)20-31-17-16-30-4-2;/h5-11,18H,3-4,12-17,19-20H2,1-2H3,(H,25,27);1H. The van der Waals surface area contributed by atoms with Crippen LogP contribution in [-0.2, 0) is 22.6 Å². The highest BCUT2D eigenvalue weighted by Gasteiger charge is 2.20. The van der Waals surface area contributed by atoms with Gasteiger partial charge in [-0.2, -0.15) is 0 Å². The summed E-state index contributed by atoms with van der Waals surface area (Å²) in [5, 5.41) is 3.45. The van der Waals surface area contributed by atoms with Crippen LogP contribution in [0.25, 0.3) is 0 Å². The van der Waals surface area contributed by atoms with E-state index >= 15 is 0 Å². The number of anilines is 1. The molecule has 0 unspecified atom stereocenters.